The summed E-state index contributed by atoms with van der Waals surface area (Å²) in [5, 5.41) is 7.41. The molecule has 2 heterocycles. The number of halogens is 1. The summed E-state index contributed by atoms with van der Waals surface area (Å²) in [4.78, 5) is 4.54. The molecule has 5 nitrogen and oxygen atoms in total. The van der Waals surface area contributed by atoms with Gasteiger partial charge in [0.15, 0.2) is 0 Å². The molecular weight excluding hydrogens is 278 g/mol. The Morgan fingerprint density at radius 2 is 2.25 bits per heavy atom. The summed E-state index contributed by atoms with van der Waals surface area (Å²) in [6.45, 7) is 4.02. The molecule has 0 bridgehead atoms. The second-order valence-electron chi connectivity index (χ2n) is 5.14. The van der Waals surface area contributed by atoms with Crippen molar-refractivity contribution in [1.29, 1.82) is 0 Å². The van der Waals surface area contributed by atoms with Gasteiger partial charge in [-0.05, 0) is 32.0 Å². The molecule has 0 radical (unpaired) electrons. The molecular formula is C14H18ClN3O2. The SMILES string of the molecule is COc1cccc(-c2noc(C3(C)CCNC3)n2)c1.Cl. The van der Waals surface area contributed by atoms with Crippen LogP contribution in [0.4, 0.5) is 0 Å². The number of ether oxygens (including phenoxy) is 1. The molecule has 6 heteroatoms. The number of methoxy groups -OCH3 is 1. The van der Waals surface area contributed by atoms with E-state index in [0.29, 0.717) is 11.7 Å². The van der Waals surface area contributed by atoms with E-state index in [1.165, 1.54) is 0 Å². The highest BCUT2D eigenvalue weighted by Gasteiger charge is 2.36. The average Bonchev–Trinajstić information content (AvgIpc) is 3.08. The van der Waals surface area contributed by atoms with Gasteiger partial charge in [0, 0.05) is 12.1 Å². The van der Waals surface area contributed by atoms with E-state index in [2.05, 4.69) is 22.4 Å². The Morgan fingerprint density at radius 1 is 1.40 bits per heavy atom. The van der Waals surface area contributed by atoms with Crippen LogP contribution in [0.3, 0.4) is 0 Å². The largest absolute Gasteiger partial charge is 0.497 e. The first kappa shape index (κ1) is 14.8. The second-order valence-corrected chi connectivity index (χ2v) is 5.14. The molecule has 1 saturated heterocycles. The van der Waals surface area contributed by atoms with Crippen LogP contribution in [0.15, 0.2) is 28.8 Å². The van der Waals surface area contributed by atoms with E-state index in [0.717, 1.165) is 30.8 Å². The van der Waals surface area contributed by atoms with Gasteiger partial charge in [-0.15, -0.1) is 12.4 Å². The molecule has 0 aliphatic carbocycles. The maximum atomic E-state index is 5.44. The van der Waals surface area contributed by atoms with Crippen LogP contribution in [-0.4, -0.2) is 30.3 Å². The Bertz CT molecular complexity index is 579. The molecule has 0 spiro atoms. The van der Waals surface area contributed by atoms with E-state index >= 15 is 0 Å². The van der Waals surface area contributed by atoms with Gasteiger partial charge >= 0.3 is 0 Å². The number of hydrogen-bond donors (Lipinski definition) is 1. The lowest BCUT2D eigenvalue weighted by Crippen LogP contribution is -2.25. The molecule has 2 aromatic rings. The summed E-state index contributed by atoms with van der Waals surface area (Å²) in [6, 6.07) is 7.67. The van der Waals surface area contributed by atoms with Crippen LogP contribution in [0, 0.1) is 0 Å². The van der Waals surface area contributed by atoms with Crippen LogP contribution in [0.5, 0.6) is 5.75 Å². The van der Waals surface area contributed by atoms with E-state index < -0.39 is 0 Å². The standard InChI is InChI=1S/C14H17N3O2.ClH/c1-14(6-7-15-9-14)13-16-12(17-19-13)10-4-3-5-11(8-10)18-2;/h3-5,8,15H,6-7,9H2,1-2H3;1H. The van der Waals surface area contributed by atoms with Crippen molar-refractivity contribution >= 4 is 12.4 Å². The molecule has 1 aromatic heterocycles. The molecule has 1 aliphatic rings. The highest BCUT2D eigenvalue weighted by Crippen LogP contribution is 2.30. The van der Waals surface area contributed by atoms with Gasteiger partial charge in [-0.25, -0.2) is 0 Å². The molecule has 1 aromatic carbocycles. The Kier molecular flexibility index (Phi) is 4.30. The summed E-state index contributed by atoms with van der Waals surface area (Å²) in [7, 11) is 1.64. The second kappa shape index (κ2) is 5.81. The molecule has 20 heavy (non-hydrogen) atoms. The molecule has 1 aliphatic heterocycles. The van der Waals surface area contributed by atoms with Crippen molar-refractivity contribution in [2.75, 3.05) is 20.2 Å². The van der Waals surface area contributed by atoms with E-state index in [-0.39, 0.29) is 17.8 Å². The molecule has 1 fully saturated rings. The minimum atomic E-state index is -0.0515. The molecule has 1 N–H and O–H groups in total. The fourth-order valence-corrected chi connectivity index (χ4v) is 2.35. The Labute approximate surface area is 124 Å². The third-order valence-corrected chi connectivity index (χ3v) is 3.64. The minimum absolute atomic E-state index is 0. The van der Waals surface area contributed by atoms with Crippen LogP contribution in [-0.2, 0) is 5.41 Å². The van der Waals surface area contributed by atoms with E-state index in [1.54, 1.807) is 7.11 Å². The van der Waals surface area contributed by atoms with Crippen molar-refractivity contribution in [1.82, 2.24) is 15.5 Å². The van der Waals surface area contributed by atoms with Gasteiger partial charge in [0.2, 0.25) is 11.7 Å². The first-order chi connectivity index (χ1) is 9.21. The predicted octanol–water partition coefficient (Wildman–Crippen LogP) is 2.42. The van der Waals surface area contributed by atoms with Crippen LogP contribution < -0.4 is 10.1 Å². The number of rotatable bonds is 3. The van der Waals surface area contributed by atoms with E-state index in [9.17, 15) is 0 Å². The summed E-state index contributed by atoms with van der Waals surface area (Å²) < 4.78 is 10.6. The summed E-state index contributed by atoms with van der Waals surface area (Å²) in [5.41, 5.74) is 0.855. The first-order valence-corrected chi connectivity index (χ1v) is 6.41. The number of benzene rings is 1. The van der Waals surface area contributed by atoms with E-state index in [1.807, 2.05) is 24.3 Å². The van der Waals surface area contributed by atoms with Crippen LogP contribution >= 0.6 is 12.4 Å². The zero-order chi connectivity index (χ0) is 13.3. The van der Waals surface area contributed by atoms with Crippen molar-refractivity contribution in [2.45, 2.75) is 18.8 Å². The van der Waals surface area contributed by atoms with Gasteiger partial charge in [0.05, 0.1) is 12.5 Å². The lowest BCUT2D eigenvalue weighted by Gasteiger charge is -2.15. The van der Waals surface area contributed by atoms with Gasteiger partial charge in [-0.3, -0.25) is 0 Å². The highest BCUT2D eigenvalue weighted by atomic mass is 35.5. The average molecular weight is 296 g/mol. The molecule has 1 unspecified atom stereocenters. The minimum Gasteiger partial charge on any atom is -0.497 e. The van der Waals surface area contributed by atoms with Gasteiger partial charge < -0.3 is 14.6 Å². The Hall–Kier alpha value is -1.59. The number of hydrogen-bond acceptors (Lipinski definition) is 5. The smallest absolute Gasteiger partial charge is 0.234 e. The number of nitrogens with one attached hydrogen (secondary N) is 1. The van der Waals surface area contributed by atoms with Crippen LogP contribution in [0.1, 0.15) is 19.2 Å². The lowest BCUT2D eigenvalue weighted by atomic mass is 9.90. The summed E-state index contributed by atoms with van der Waals surface area (Å²) in [6.07, 6.45) is 1.02. The third kappa shape index (κ3) is 2.64. The zero-order valence-electron chi connectivity index (χ0n) is 11.5. The number of aromatic nitrogens is 2. The zero-order valence-corrected chi connectivity index (χ0v) is 12.4. The maximum absolute atomic E-state index is 5.44. The van der Waals surface area contributed by atoms with Crippen LogP contribution in [0.2, 0.25) is 0 Å². The normalized spacial score (nSPS) is 21.5. The third-order valence-electron chi connectivity index (χ3n) is 3.64. The van der Waals surface area contributed by atoms with Crippen LogP contribution in [0.25, 0.3) is 11.4 Å². The Morgan fingerprint density at radius 3 is 2.95 bits per heavy atom. The monoisotopic (exact) mass is 295 g/mol. The highest BCUT2D eigenvalue weighted by molar-refractivity contribution is 5.85. The summed E-state index contributed by atoms with van der Waals surface area (Å²) in [5.74, 6) is 2.11. The molecule has 0 amide bonds. The van der Waals surface area contributed by atoms with Crippen molar-refractivity contribution in [3.05, 3.63) is 30.2 Å². The maximum Gasteiger partial charge on any atom is 0.234 e. The Balaban J connectivity index is 0.00000147. The molecule has 0 saturated carbocycles. The molecule has 3 rings (SSSR count). The number of nitrogens with zero attached hydrogens (tertiary/aromatic N) is 2. The quantitative estimate of drug-likeness (QED) is 0.942. The fourth-order valence-electron chi connectivity index (χ4n) is 2.35. The summed E-state index contributed by atoms with van der Waals surface area (Å²) >= 11 is 0. The van der Waals surface area contributed by atoms with Crippen molar-refractivity contribution in [3.63, 3.8) is 0 Å². The van der Waals surface area contributed by atoms with E-state index in [4.69, 9.17) is 9.26 Å². The van der Waals surface area contributed by atoms with Crippen molar-refractivity contribution in [3.8, 4) is 17.1 Å². The van der Waals surface area contributed by atoms with Gasteiger partial charge in [-0.1, -0.05) is 17.3 Å². The van der Waals surface area contributed by atoms with Crippen molar-refractivity contribution in [2.24, 2.45) is 0 Å². The van der Waals surface area contributed by atoms with Gasteiger partial charge in [-0.2, -0.15) is 4.98 Å². The predicted molar refractivity (Wildman–Crippen MR) is 78.4 cm³/mol. The van der Waals surface area contributed by atoms with Gasteiger partial charge in [0.25, 0.3) is 0 Å². The fraction of sp³-hybridized carbons (Fsp3) is 0.429. The topological polar surface area (TPSA) is 60.2 Å². The molecule has 108 valence electrons. The van der Waals surface area contributed by atoms with Gasteiger partial charge in [0.1, 0.15) is 5.75 Å². The molecule has 1 atom stereocenters. The van der Waals surface area contributed by atoms with Crippen molar-refractivity contribution < 1.29 is 9.26 Å². The first-order valence-electron chi connectivity index (χ1n) is 6.41. The lowest BCUT2D eigenvalue weighted by molar-refractivity contribution is 0.306.